The minimum Gasteiger partial charge on any atom is -0.320 e. The summed E-state index contributed by atoms with van der Waals surface area (Å²) in [5.41, 5.74) is 2.74. The van der Waals surface area contributed by atoms with Crippen LogP contribution in [-0.2, 0) is 25.4 Å². The van der Waals surface area contributed by atoms with Crippen LogP contribution in [0.5, 0.6) is 0 Å². The molecule has 4 rings (SSSR count). The molecule has 4 aromatic rings. The number of aromatic nitrogens is 4. The Morgan fingerprint density at radius 2 is 1.57 bits per heavy atom. The smallest absolute Gasteiger partial charge is 0.320 e. The molecule has 8 nitrogen and oxygen atoms in total. The summed E-state index contributed by atoms with van der Waals surface area (Å²) < 4.78 is 6.37. The van der Waals surface area contributed by atoms with Crippen molar-refractivity contribution in [2.24, 2.45) is 14.1 Å². The molecular weight excluding hydrogens is 382 g/mol. The van der Waals surface area contributed by atoms with Gasteiger partial charge in [0, 0.05) is 27.1 Å². The van der Waals surface area contributed by atoms with E-state index in [1.165, 1.54) is 4.68 Å². The Kier molecular flexibility index (Phi) is 4.91. The Morgan fingerprint density at radius 3 is 2.27 bits per heavy atom. The van der Waals surface area contributed by atoms with E-state index in [-0.39, 0.29) is 35.8 Å². The van der Waals surface area contributed by atoms with Crippen molar-refractivity contribution in [2.75, 3.05) is 5.32 Å². The fourth-order valence-corrected chi connectivity index (χ4v) is 3.71. The first kappa shape index (κ1) is 19.5. The summed E-state index contributed by atoms with van der Waals surface area (Å²) in [6.07, 6.45) is 0.0764. The lowest BCUT2D eigenvalue weighted by Crippen LogP contribution is -2.26. The van der Waals surface area contributed by atoms with Gasteiger partial charge in [0.25, 0.3) is 5.56 Å². The Balaban J connectivity index is 1.57. The zero-order valence-corrected chi connectivity index (χ0v) is 17.1. The molecule has 2 aromatic carbocycles. The van der Waals surface area contributed by atoms with Crippen molar-refractivity contribution in [2.45, 2.75) is 19.9 Å². The first-order valence-corrected chi connectivity index (χ1v) is 9.68. The van der Waals surface area contributed by atoms with E-state index in [1.807, 2.05) is 54.6 Å². The van der Waals surface area contributed by atoms with Gasteiger partial charge in [0.1, 0.15) is 5.69 Å². The van der Waals surface area contributed by atoms with Gasteiger partial charge in [-0.3, -0.25) is 23.4 Å². The molecule has 0 atom stereocenters. The van der Waals surface area contributed by atoms with E-state index in [0.717, 1.165) is 16.7 Å². The molecule has 8 heteroatoms. The monoisotopic (exact) mass is 405 g/mol. The molecule has 1 amide bonds. The molecule has 0 saturated carbocycles. The van der Waals surface area contributed by atoms with Crippen molar-refractivity contribution in [1.82, 2.24) is 18.5 Å². The Labute approximate surface area is 172 Å². The first-order chi connectivity index (χ1) is 14.4. The molecule has 0 aliphatic carbocycles. The number of hydrogen-bond acceptors (Lipinski definition) is 3. The Bertz CT molecular complexity index is 1360. The lowest BCUT2D eigenvalue weighted by atomic mass is 10.3. The molecule has 0 radical (unpaired) electrons. The van der Waals surface area contributed by atoms with E-state index in [4.69, 9.17) is 0 Å². The molecule has 0 fully saturated rings. The van der Waals surface area contributed by atoms with Crippen LogP contribution in [0.25, 0.3) is 16.7 Å². The largest absolute Gasteiger partial charge is 0.328 e. The van der Waals surface area contributed by atoms with Gasteiger partial charge >= 0.3 is 5.69 Å². The Hall–Kier alpha value is -3.81. The SMILES string of the molecule is Cc1c(NC(=O)CCn2c(=O)n(C)c3ccccc32)c(=O)n(-c2ccccc2)n1C. The van der Waals surface area contributed by atoms with E-state index in [1.54, 1.807) is 34.8 Å². The third-order valence-corrected chi connectivity index (χ3v) is 5.43. The number of nitrogens with zero attached hydrogens (tertiary/aromatic N) is 4. The van der Waals surface area contributed by atoms with Crippen LogP contribution in [0, 0.1) is 6.92 Å². The summed E-state index contributed by atoms with van der Waals surface area (Å²) in [5, 5.41) is 2.74. The van der Waals surface area contributed by atoms with E-state index in [9.17, 15) is 14.4 Å². The molecule has 0 spiro atoms. The number of nitrogens with one attached hydrogen (secondary N) is 1. The highest BCUT2D eigenvalue weighted by molar-refractivity contribution is 5.91. The number of hydrogen-bond donors (Lipinski definition) is 1. The van der Waals surface area contributed by atoms with Crippen LogP contribution in [0.2, 0.25) is 0 Å². The number of para-hydroxylation sites is 3. The second-order valence-corrected chi connectivity index (χ2v) is 7.22. The third-order valence-electron chi connectivity index (χ3n) is 5.43. The standard InChI is InChI=1S/C22H23N5O3/c1-15-20(21(29)27(25(15)3)16-9-5-4-6-10-16)23-19(28)13-14-26-18-12-8-7-11-17(18)24(2)22(26)30/h4-12H,13-14H2,1-3H3,(H,23,28). The van der Waals surface area contributed by atoms with Gasteiger partial charge < -0.3 is 5.32 Å². The normalized spacial score (nSPS) is 11.2. The zero-order chi connectivity index (χ0) is 21.4. The van der Waals surface area contributed by atoms with Gasteiger partial charge in [-0.05, 0) is 31.2 Å². The quantitative estimate of drug-likeness (QED) is 0.552. The number of carbonyl (C=O) groups excluding carboxylic acids is 1. The predicted molar refractivity (Wildman–Crippen MR) is 116 cm³/mol. The van der Waals surface area contributed by atoms with Crippen LogP contribution in [-0.4, -0.2) is 24.4 Å². The lowest BCUT2D eigenvalue weighted by Gasteiger charge is -2.07. The molecular formula is C22H23N5O3. The Morgan fingerprint density at radius 1 is 0.933 bits per heavy atom. The molecule has 154 valence electrons. The maximum atomic E-state index is 12.9. The summed E-state index contributed by atoms with van der Waals surface area (Å²) in [7, 11) is 3.48. The number of amides is 1. The van der Waals surface area contributed by atoms with Crippen LogP contribution >= 0.6 is 0 Å². The average Bonchev–Trinajstić information content (AvgIpc) is 3.12. The van der Waals surface area contributed by atoms with Crippen molar-refractivity contribution in [3.05, 3.63) is 81.1 Å². The fourth-order valence-electron chi connectivity index (χ4n) is 3.71. The number of rotatable bonds is 5. The van der Waals surface area contributed by atoms with Crippen LogP contribution in [0.4, 0.5) is 5.69 Å². The summed E-state index contributed by atoms with van der Waals surface area (Å²) in [6, 6.07) is 16.7. The first-order valence-electron chi connectivity index (χ1n) is 9.68. The van der Waals surface area contributed by atoms with Crippen LogP contribution < -0.4 is 16.6 Å². The van der Waals surface area contributed by atoms with Gasteiger partial charge in [0.15, 0.2) is 0 Å². The van der Waals surface area contributed by atoms with Crippen molar-refractivity contribution in [3.8, 4) is 5.69 Å². The molecule has 2 heterocycles. The van der Waals surface area contributed by atoms with E-state index >= 15 is 0 Å². The molecule has 0 saturated heterocycles. The fraction of sp³-hybridized carbons (Fsp3) is 0.227. The molecule has 0 aliphatic heterocycles. The van der Waals surface area contributed by atoms with Crippen molar-refractivity contribution in [1.29, 1.82) is 0 Å². The molecule has 0 unspecified atom stereocenters. The highest BCUT2D eigenvalue weighted by atomic mass is 16.2. The van der Waals surface area contributed by atoms with Gasteiger partial charge in [0.2, 0.25) is 5.91 Å². The molecule has 30 heavy (non-hydrogen) atoms. The van der Waals surface area contributed by atoms with E-state index in [2.05, 4.69) is 5.32 Å². The summed E-state index contributed by atoms with van der Waals surface area (Å²) in [5.74, 6) is -0.319. The van der Waals surface area contributed by atoms with Gasteiger partial charge in [-0.15, -0.1) is 0 Å². The molecule has 0 bridgehead atoms. The minimum atomic E-state index is -0.319. The molecule has 0 aliphatic rings. The molecule has 2 aromatic heterocycles. The third kappa shape index (κ3) is 3.16. The summed E-state index contributed by atoms with van der Waals surface area (Å²) in [6.45, 7) is 2.01. The van der Waals surface area contributed by atoms with Crippen molar-refractivity contribution < 1.29 is 4.79 Å². The lowest BCUT2D eigenvalue weighted by molar-refractivity contribution is -0.116. The number of aryl methyl sites for hydroxylation is 2. The summed E-state index contributed by atoms with van der Waals surface area (Å²) in [4.78, 5) is 38.0. The van der Waals surface area contributed by atoms with Gasteiger partial charge in [0.05, 0.1) is 22.4 Å². The minimum absolute atomic E-state index is 0.0764. The number of anilines is 1. The topological polar surface area (TPSA) is 83.0 Å². The number of benzene rings is 2. The summed E-state index contributed by atoms with van der Waals surface area (Å²) >= 11 is 0. The van der Waals surface area contributed by atoms with Crippen molar-refractivity contribution in [3.63, 3.8) is 0 Å². The van der Waals surface area contributed by atoms with Gasteiger partial charge in [-0.2, -0.15) is 0 Å². The zero-order valence-electron chi connectivity index (χ0n) is 17.1. The van der Waals surface area contributed by atoms with Crippen LogP contribution in [0.3, 0.4) is 0 Å². The van der Waals surface area contributed by atoms with Crippen LogP contribution in [0.15, 0.2) is 64.2 Å². The van der Waals surface area contributed by atoms with E-state index in [0.29, 0.717) is 5.69 Å². The predicted octanol–water partition coefficient (Wildman–Crippen LogP) is 2.17. The second-order valence-electron chi connectivity index (χ2n) is 7.22. The number of imidazole rings is 1. The number of carbonyl (C=O) groups is 1. The highest BCUT2D eigenvalue weighted by Crippen LogP contribution is 2.15. The van der Waals surface area contributed by atoms with Crippen molar-refractivity contribution >= 4 is 22.6 Å². The second kappa shape index (κ2) is 7.55. The maximum Gasteiger partial charge on any atom is 0.328 e. The maximum absolute atomic E-state index is 12.9. The van der Waals surface area contributed by atoms with Crippen LogP contribution in [0.1, 0.15) is 12.1 Å². The van der Waals surface area contributed by atoms with E-state index < -0.39 is 0 Å². The number of fused-ring (bicyclic) bond motifs is 1. The van der Waals surface area contributed by atoms with Gasteiger partial charge in [-0.1, -0.05) is 30.3 Å². The average molecular weight is 405 g/mol. The highest BCUT2D eigenvalue weighted by Gasteiger charge is 2.18. The molecule has 1 N–H and O–H groups in total. The van der Waals surface area contributed by atoms with Gasteiger partial charge in [-0.25, -0.2) is 9.48 Å².